The largest absolute Gasteiger partial charge is 0.309 e. The van der Waals surface area contributed by atoms with Crippen molar-refractivity contribution in [2.45, 2.75) is 20.8 Å². The third kappa shape index (κ3) is 2.64. The van der Waals surface area contributed by atoms with Crippen molar-refractivity contribution in [3.8, 4) is 0 Å². The van der Waals surface area contributed by atoms with Crippen molar-refractivity contribution in [2.24, 2.45) is 10.8 Å². The summed E-state index contributed by atoms with van der Waals surface area (Å²) in [4.78, 5) is 4.13. The zero-order chi connectivity index (χ0) is 7.98. The van der Waals surface area contributed by atoms with Crippen molar-refractivity contribution in [1.82, 2.24) is 5.43 Å². The Morgan fingerprint density at radius 2 is 2.30 bits per heavy atom. The van der Waals surface area contributed by atoms with Gasteiger partial charge in [0, 0.05) is 6.54 Å². The molecule has 0 aromatic rings. The molecular formula is C7H15N3. The van der Waals surface area contributed by atoms with Gasteiger partial charge < -0.3 is 5.43 Å². The maximum Gasteiger partial charge on any atom is 0.137 e. The summed E-state index contributed by atoms with van der Waals surface area (Å²) < 4.78 is 0. The van der Waals surface area contributed by atoms with Crippen LogP contribution in [0.1, 0.15) is 20.8 Å². The van der Waals surface area contributed by atoms with Crippen LogP contribution in [-0.4, -0.2) is 12.4 Å². The third-order valence-electron chi connectivity index (χ3n) is 1.26. The maximum atomic E-state index is 5.21. The van der Waals surface area contributed by atoms with E-state index in [-0.39, 0.29) is 0 Å². The second-order valence-electron chi connectivity index (χ2n) is 1.94. The van der Waals surface area contributed by atoms with Crippen molar-refractivity contribution in [1.29, 1.82) is 0 Å². The predicted octanol–water partition coefficient (Wildman–Crippen LogP) is 0.834. The van der Waals surface area contributed by atoms with Gasteiger partial charge in [0.25, 0.3) is 0 Å². The van der Waals surface area contributed by atoms with Crippen LogP contribution in [-0.2, 0) is 0 Å². The van der Waals surface area contributed by atoms with Gasteiger partial charge in [0.2, 0.25) is 0 Å². The molecule has 0 spiro atoms. The van der Waals surface area contributed by atoms with Crippen LogP contribution in [0, 0.1) is 0 Å². The number of allylic oxidation sites excluding steroid dienone is 1. The Bertz CT molecular complexity index is 147. The molecule has 0 rings (SSSR count). The Balaban J connectivity index is 4.21. The van der Waals surface area contributed by atoms with E-state index in [4.69, 9.17) is 5.84 Å². The molecule has 0 bridgehead atoms. The molecule has 0 unspecified atom stereocenters. The first kappa shape index (κ1) is 9.17. The molecule has 0 radical (unpaired) electrons. The van der Waals surface area contributed by atoms with Crippen LogP contribution in [0.3, 0.4) is 0 Å². The number of hydrogen-bond acceptors (Lipinski definition) is 2. The molecule has 0 aliphatic rings. The van der Waals surface area contributed by atoms with E-state index in [1.165, 1.54) is 0 Å². The average Bonchev–Trinajstić information content (AvgIpc) is 1.99. The van der Waals surface area contributed by atoms with E-state index in [1.807, 2.05) is 26.8 Å². The van der Waals surface area contributed by atoms with Gasteiger partial charge in [-0.25, -0.2) is 5.84 Å². The Morgan fingerprint density at radius 3 is 2.60 bits per heavy atom. The fraction of sp³-hybridized carbons (Fsp3) is 0.571. The Morgan fingerprint density at radius 1 is 1.70 bits per heavy atom. The van der Waals surface area contributed by atoms with Crippen LogP contribution in [0.4, 0.5) is 0 Å². The van der Waals surface area contributed by atoms with Gasteiger partial charge in [-0.1, -0.05) is 6.08 Å². The topological polar surface area (TPSA) is 50.4 Å². The Labute approximate surface area is 62.0 Å². The van der Waals surface area contributed by atoms with E-state index in [9.17, 15) is 0 Å². The lowest BCUT2D eigenvalue weighted by Gasteiger charge is -2.03. The highest BCUT2D eigenvalue weighted by molar-refractivity contribution is 5.97. The van der Waals surface area contributed by atoms with Gasteiger partial charge in [-0.05, 0) is 26.3 Å². The summed E-state index contributed by atoms with van der Waals surface area (Å²) in [6, 6.07) is 0. The van der Waals surface area contributed by atoms with Crippen molar-refractivity contribution in [2.75, 3.05) is 6.54 Å². The molecule has 0 saturated carbocycles. The third-order valence-corrected chi connectivity index (χ3v) is 1.26. The molecule has 10 heavy (non-hydrogen) atoms. The van der Waals surface area contributed by atoms with Gasteiger partial charge in [-0.3, -0.25) is 4.99 Å². The molecule has 0 aromatic heterocycles. The summed E-state index contributed by atoms with van der Waals surface area (Å²) in [5.74, 6) is 5.98. The zero-order valence-corrected chi connectivity index (χ0v) is 6.81. The number of hydrazine groups is 1. The number of hydrogen-bond donors (Lipinski definition) is 2. The van der Waals surface area contributed by atoms with Crippen molar-refractivity contribution in [3.63, 3.8) is 0 Å². The van der Waals surface area contributed by atoms with Gasteiger partial charge >= 0.3 is 0 Å². The van der Waals surface area contributed by atoms with Gasteiger partial charge in [0.15, 0.2) is 0 Å². The van der Waals surface area contributed by atoms with E-state index in [0.29, 0.717) is 0 Å². The second kappa shape index (κ2) is 4.99. The SMILES string of the molecule is C/C=C(/C)C(=NCC)NN. The molecule has 0 heterocycles. The van der Waals surface area contributed by atoms with Gasteiger partial charge in [-0.15, -0.1) is 0 Å². The molecule has 58 valence electrons. The van der Waals surface area contributed by atoms with E-state index >= 15 is 0 Å². The number of nitrogens with zero attached hydrogens (tertiary/aromatic N) is 1. The molecule has 0 saturated heterocycles. The average molecular weight is 141 g/mol. The molecule has 0 aliphatic heterocycles. The number of nitrogens with one attached hydrogen (secondary N) is 1. The summed E-state index contributed by atoms with van der Waals surface area (Å²) in [6.45, 7) is 6.65. The Kier molecular flexibility index (Phi) is 4.58. The minimum absolute atomic E-state index is 0.755. The first-order valence-electron chi connectivity index (χ1n) is 3.40. The van der Waals surface area contributed by atoms with Crippen LogP contribution < -0.4 is 11.3 Å². The van der Waals surface area contributed by atoms with Gasteiger partial charge in [0.05, 0.1) is 0 Å². The summed E-state index contributed by atoms with van der Waals surface area (Å²) in [5.41, 5.74) is 3.61. The number of amidine groups is 1. The molecule has 3 N–H and O–H groups in total. The summed E-state index contributed by atoms with van der Waals surface area (Å²) in [5, 5.41) is 0. The molecule has 0 atom stereocenters. The highest BCUT2D eigenvalue weighted by Gasteiger charge is 1.94. The molecule has 0 amide bonds. The lowest BCUT2D eigenvalue weighted by molar-refractivity contribution is 0.986. The normalized spacial score (nSPS) is 13.6. The fourth-order valence-corrected chi connectivity index (χ4v) is 0.579. The van der Waals surface area contributed by atoms with E-state index in [2.05, 4.69) is 10.4 Å². The van der Waals surface area contributed by atoms with Crippen LogP contribution >= 0.6 is 0 Å². The van der Waals surface area contributed by atoms with Crippen molar-refractivity contribution in [3.05, 3.63) is 11.6 Å². The summed E-state index contributed by atoms with van der Waals surface area (Å²) >= 11 is 0. The van der Waals surface area contributed by atoms with Crippen molar-refractivity contribution >= 4 is 5.84 Å². The van der Waals surface area contributed by atoms with E-state index in [0.717, 1.165) is 18.0 Å². The highest BCUT2D eigenvalue weighted by atomic mass is 15.2. The maximum absolute atomic E-state index is 5.21. The minimum Gasteiger partial charge on any atom is -0.309 e. The molecule has 3 nitrogen and oxygen atoms in total. The monoisotopic (exact) mass is 141 g/mol. The van der Waals surface area contributed by atoms with Crippen LogP contribution in [0.2, 0.25) is 0 Å². The molecule has 0 aliphatic carbocycles. The zero-order valence-electron chi connectivity index (χ0n) is 6.81. The highest BCUT2D eigenvalue weighted by Crippen LogP contribution is 1.92. The molecule has 3 heteroatoms. The first-order valence-corrected chi connectivity index (χ1v) is 3.40. The van der Waals surface area contributed by atoms with Crippen LogP contribution in [0.25, 0.3) is 0 Å². The second-order valence-corrected chi connectivity index (χ2v) is 1.94. The smallest absolute Gasteiger partial charge is 0.137 e. The number of nitrogens with two attached hydrogens (primary N) is 1. The lowest BCUT2D eigenvalue weighted by atomic mass is 10.3. The number of aliphatic imine (C=N–C) groups is 1. The van der Waals surface area contributed by atoms with Gasteiger partial charge in [0.1, 0.15) is 5.84 Å². The van der Waals surface area contributed by atoms with E-state index in [1.54, 1.807) is 0 Å². The quantitative estimate of drug-likeness (QED) is 0.259. The summed E-state index contributed by atoms with van der Waals surface area (Å²) in [6.07, 6.45) is 1.97. The van der Waals surface area contributed by atoms with Gasteiger partial charge in [-0.2, -0.15) is 0 Å². The number of rotatable bonds is 2. The summed E-state index contributed by atoms with van der Waals surface area (Å²) in [7, 11) is 0. The molecular weight excluding hydrogens is 126 g/mol. The lowest BCUT2D eigenvalue weighted by Crippen LogP contribution is -2.31. The van der Waals surface area contributed by atoms with Crippen LogP contribution in [0.15, 0.2) is 16.6 Å². The molecule has 0 aromatic carbocycles. The minimum atomic E-state index is 0.755. The fourth-order valence-electron chi connectivity index (χ4n) is 0.579. The standard InChI is InChI=1S/C7H15N3/c1-4-6(3)7(10-8)9-5-2/h4H,5,8H2,1-3H3,(H,9,10)/b6-4-. The first-order chi connectivity index (χ1) is 4.76. The van der Waals surface area contributed by atoms with Crippen molar-refractivity contribution < 1.29 is 0 Å². The predicted molar refractivity (Wildman–Crippen MR) is 44.7 cm³/mol. The Hall–Kier alpha value is -0.830. The molecule has 0 fully saturated rings. The van der Waals surface area contributed by atoms with Crippen LogP contribution in [0.5, 0.6) is 0 Å². The van der Waals surface area contributed by atoms with E-state index < -0.39 is 0 Å².